The SMILES string of the molecule is CC(NC(=O)CNCC1CC1)c1ccc(N2CCCC2=O)cc1.Cl. The Kier molecular flexibility index (Phi) is 6.63. The van der Waals surface area contributed by atoms with Gasteiger partial charge in [0.05, 0.1) is 12.6 Å². The van der Waals surface area contributed by atoms with E-state index < -0.39 is 0 Å². The average Bonchev–Trinajstić information content (AvgIpc) is 3.26. The van der Waals surface area contributed by atoms with E-state index in [1.807, 2.05) is 36.1 Å². The van der Waals surface area contributed by atoms with E-state index in [1.165, 1.54) is 12.8 Å². The van der Waals surface area contributed by atoms with Crippen LogP contribution in [0.25, 0.3) is 0 Å². The number of halogens is 1. The summed E-state index contributed by atoms with van der Waals surface area (Å²) in [4.78, 5) is 25.5. The van der Waals surface area contributed by atoms with Gasteiger partial charge in [0.1, 0.15) is 0 Å². The second-order valence-corrected chi connectivity index (χ2v) is 6.60. The quantitative estimate of drug-likeness (QED) is 0.793. The van der Waals surface area contributed by atoms with Gasteiger partial charge in [0, 0.05) is 18.7 Å². The molecule has 1 aliphatic heterocycles. The molecule has 1 heterocycles. The van der Waals surface area contributed by atoms with Crippen LogP contribution in [0.15, 0.2) is 24.3 Å². The first-order valence-electron chi connectivity index (χ1n) is 8.54. The number of nitrogens with one attached hydrogen (secondary N) is 2. The van der Waals surface area contributed by atoms with Gasteiger partial charge in [-0.15, -0.1) is 12.4 Å². The van der Waals surface area contributed by atoms with Gasteiger partial charge in [0.15, 0.2) is 0 Å². The van der Waals surface area contributed by atoms with Crippen molar-refractivity contribution in [3.8, 4) is 0 Å². The molecule has 1 saturated carbocycles. The average molecular weight is 352 g/mol. The van der Waals surface area contributed by atoms with Crippen molar-refractivity contribution in [2.75, 3.05) is 24.5 Å². The van der Waals surface area contributed by atoms with Gasteiger partial charge in [0.25, 0.3) is 0 Å². The van der Waals surface area contributed by atoms with Gasteiger partial charge >= 0.3 is 0 Å². The fraction of sp³-hybridized carbons (Fsp3) is 0.556. The van der Waals surface area contributed by atoms with Crippen LogP contribution < -0.4 is 15.5 Å². The second kappa shape index (κ2) is 8.49. The minimum atomic E-state index is -0.0337. The minimum absolute atomic E-state index is 0. The summed E-state index contributed by atoms with van der Waals surface area (Å²) in [5, 5.41) is 6.20. The molecule has 2 N–H and O–H groups in total. The summed E-state index contributed by atoms with van der Waals surface area (Å²) in [5.41, 5.74) is 2.00. The molecule has 2 aliphatic rings. The van der Waals surface area contributed by atoms with E-state index >= 15 is 0 Å². The number of rotatable bonds is 7. The topological polar surface area (TPSA) is 61.4 Å². The first kappa shape index (κ1) is 18.7. The Hall–Kier alpha value is -1.59. The van der Waals surface area contributed by atoms with Gasteiger partial charge in [-0.3, -0.25) is 9.59 Å². The van der Waals surface area contributed by atoms with Crippen LogP contribution in [0.2, 0.25) is 0 Å². The van der Waals surface area contributed by atoms with E-state index in [-0.39, 0.29) is 30.3 Å². The van der Waals surface area contributed by atoms with E-state index in [2.05, 4.69) is 10.6 Å². The molecule has 0 aromatic heterocycles. The number of benzene rings is 1. The lowest BCUT2D eigenvalue weighted by Gasteiger charge is -2.18. The van der Waals surface area contributed by atoms with E-state index in [4.69, 9.17) is 0 Å². The molecular formula is C18H26ClN3O2. The van der Waals surface area contributed by atoms with Crippen LogP contribution in [-0.4, -0.2) is 31.4 Å². The summed E-state index contributed by atoms with van der Waals surface area (Å²) in [5.74, 6) is 0.999. The van der Waals surface area contributed by atoms with Crippen molar-refractivity contribution in [3.05, 3.63) is 29.8 Å². The van der Waals surface area contributed by atoms with Crippen molar-refractivity contribution < 1.29 is 9.59 Å². The molecule has 1 aromatic carbocycles. The number of amides is 2. The predicted molar refractivity (Wildman–Crippen MR) is 97.4 cm³/mol. The fourth-order valence-electron chi connectivity index (χ4n) is 2.95. The lowest BCUT2D eigenvalue weighted by atomic mass is 10.1. The smallest absolute Gasteiger partial charge is 0.234 e. The summed E-state index contributed by atoms with van der Waals surface area (Å²) < 4.78 is 0. The molecule has 5 nitrogen and oxygen atoms in total. The van der Waals surface area contributed by atoms with E-state index in [0.29, 0.717) is 13.0 Å². The van der Waals surface area contributed by atoms with Gasteiger partial charge in [-0.1, -0.05) is 12.1 Å². The third-order valence-electron chi connectivity index (χ3n) is 4.57. The lowest BCUT2D eigenvalue weighted by Crippen LogP contribution is -2.36. The van der Waals surface area contributed by atoms with Gasteiger partial charge in [-0.05, 0) is 56.3 Å². The Morgan fingerprint density at radius 2 is 2.00 bits per heavy atom. The highest BCUT2D eigenvalue weighted by Gasteiger charge is 2.22. The standard InChI is InChI=1S/C18H25N3O2.ClH/c1-13(20-17(22)12-19-11-14-4-5-14)15-6-8-16(9-7-15)21-10-2-3-18(21)23;/h6-9,13-14,19H,2-5,10-12H2,1H3,(H,20,22);1H. The second-order valence-electron chi connectivity index (χ2n) is 6.60. The Balaban J connectivity index is 0.00000208. The number of hydrogen-bond donors (Lipinski definition) is 2. The van der Waals surface area contributed by atoms with Crippen LogP contribution in [-0.2, 0) is 9.59 Å². The molecule has 132 valence electrons. The molecule has 1 aromatic rings. The van der Waals surface area contributed by atoms with Crippen LogP contribution in [0.5, 0.6) is 0 Å². The molecule has 6 heteroatoms. The maximum Gasteiger partial charge on any atom is 0.234 e. The zero-order valence-corrected chi connectivity index (χ0v) is 14.9. The monoisotopic (exact) mass is 351 g/mol. The Morgan fingerprint density at radius 3 is 2.58 bits per heavy atom. The van der Waals surface area contributed by atoms with Crippen LogP contribution in [0.3, 0.4) is 0 Å². The van der Waals surface area contributed by atoms with Crippen molar-refractivity contribution >= 4 is 29.9 Å². The molecule has 2 amide bonds. The highest BCUT2D eigenvalue weighted by Crippen LogP contribution is 2.27. The first-order valence-corrected chi connectivity index (χ1v) is 8.54. The summed E-state index contributed by atoms with van der Waals surface area (Å²) in [6, 6.07) is 7.88. The summed E-state index contributed by atoms with van der Waals surface area (Å²) in [6.07, 6.45) is 4.15. The number of nitrogens with zero attached hydrogens (tertiary/aromatic N) is 1. The van der Waals surface area contributed by atoms with Crippen LogP contribution >= 0.6 is 12.4 Å². The molecule has 1 saturated heterocycles. The maximum atomic E-state index is 11.9. The number of hydrogen-bond acceptors (Lipinski definition) is 3. The van der Waals surface area contributed by atoms with Crippen molar-refractivity contribution in [1.82, 2.24) is 10.6 Å². The predicted octanol–water partition coefficient (Wildman–Crippen LogP) is 2.41. The molecule has 1 unspecified atom stereocenters. The summed E-state index contributed by atoms with van der Waals surface area (Å²) >= 11 is 0. The van der Waals surface area contributed by atoms with Crippen molar-refractivity contribution in [2.45, 2.75) is 38.6 Å². The van der Waals surface area contributed by atoms with Gasteiger partial charge in [0.2, 0.25) is 11.8 Å². The fourth-order valence-corrected chi connectivity index (χ4v) is 2.95. The lowest BCUT2D eigenvalue weighted by molar-refractivity contribution is -0.121. The summed E-state index contributed by atoms with van der Waals surface area (Å²) in [7, 11) is 0. The van der Waals surface area contributed by atoms with E-state index in [9.17, 15) is 9.59 Å². The molecule has 0 bridgehead atoms. The van der Waals surface area contributed by atoms with Crippen LogP contribution in [0.4, 0.5) is 5.69 Å². The van der Waals surface area contributed by atoms with E-state index in [1.54, 1.807) is 0 Å². The van der Waals surface area contributed by atoms with Gasteiger partial charge in [-0.25, -0.2) is 0 Å². The molecule has 1 aliphatic carbocycles. The van der Waals surface area contributed by atoms with Gasteiger partial charge < -0.3 is 15.5 Å². The third kappa shape index (κ3) is 4.95. The highest BCUT2D eigenvalue weighted by atomic mass is 35.5. The maximum absolute atomic E-state index is 11.9. The summed E-state index contributed by atoms with van der Waals surface area (Å²) in [6.45, 7) is 4.10. The van der Waals surface area contributed by atoms with E-state index in [0.717, 1.165) is 36.7 Å². The van der Waals surface area contributed by atoms with Crippen molar-refractivity contribution in [1.29, 1.82) is 0 Å². The zero-order chi connectivity index (χ0) is 16.2. The molecule has 0 spiro atoms. The van der Waals surface area contributed by atoms with Crippen LogP contribution in [0, 0.1) is 5.92 Å². The van der Waals surface area contributed by atoms with Crippen molar-refractivity contribution in [2.24, 2.45) is 5.92 Å². The minimum Gasteiger partial charge on any atom is -0.348 e. The Bertz CT molecular complexity index is 572. The largest absolute Gasteiger partial charge is 0.348 e. The Morgan fingerprint density at radius 1 is 1.29 bits per heavy atom. The van der Waals surface area contributed by atoms with Crippen LogP contribution in [0.1, 0.15) is 44.2 Å². The van der Waals surface area contributed by atoms with Crippen molar-refractivity contribution in [3.63, 3.8) is 0 Å². The molecule has 24 heavy (non-hydrogen) atoms. The third-order valence-corrected chi connectivity index (χ3v) is 4.57. The molecule has 3 rings (SSSR count). The molecule has 1 atom stereocenters. The molecular weight excluding hydrogens is 326 g/mol. The highest BCUT2D eigenvalue weighted by molar-refractivity contribution is 5.95. The number of carbonyl (C=O) groups excluding carboxylic acids is 2. The van der Waals surface area contributed by atoms with Gasteiger partial charge in [-0.2, -0.15) is 0 Å². The normalized spacial score (nSPS) is 18.2. The first-order chi connectivity index (χ1) is 11.1. The molecule has 0 radical (unpaired) electrons. The number of anilines is 1. The molecule has 2 fully saturated rings. The number of carbonyl (C=O) groups is 2. The zero-order valence-electron chi connectivity index (χ0n) is 14.1. The Labute approximate surface area is 149 Å².